The Hall–Kier alpha value is -3.48. The molecule has 2 aromatic heterocycles. The van der Waals surface area contributed by atoms with Crippen LogP contribution in [-0.2, 0) is 4.79 Å². The minimum Gasteiger partial charge on any atom is -0.497 e. The van der Waals surface area contributed by atoms with Gasteiger partial charge < -0.3 is 15.0 Å². The lowest BCUT2D eigenvalue weighted by atomic mass is 9.97. The second kappa shape index (κ2) is 8.68. The molecule has 1 saturated heterocycles. The highest BCUT2D eigenvalue weighted by atomic mass is 16.5. The average Bonchev–Trinajstić information content (AvgIpc) is 2.80. The van der Waals surface area contributed by atoms with E-state index in [-0.39, 0.29) is 11.8 Å². The van der Waals surface area contributed by atoms with Crippen LogP contribution in [-0.4, -0.2) is 41.3 Å². The van der Waals surface area contributed by atoms with Gasteiger partial charge in [0.25, 0.3) is 0 Å². The van der Waals surface area contributed by atoms with Crippen LogP contribution in [0.1, 0.15) is 12.8 Å². The number of piperidine rings is 1. The van der Waals surface area contributed by atoms with Crippen molar-refractivity contribution in [2.75, 3.05) is 30.4 Å². The zero-order valence-electron chi connectivity index (χ0n) is 16.3. The highest BCUT2D eigenvalue weighted by Gasteiger charge is 2.27. The number of ether oxygens (including phenoxy) is 1. The molecule has 1 N–H and O–H groups in total. The van der Waals surface area contributed by atoms with Gasteiger partial charge in [-0.25, -0.2) is 4.98 Å². The number of hydrogen-bond acceptors (Lipinski definition) is 6. The highest BCUT2D eigenvalue weighted by molar-refractivity contribution is 5.92. The standard InChI is InChI=1S/C22H23N5O2/c1-29-18-9-7-16(8-10-18)19-11-12-21(26-25-19)27-14-4-5-17(15-27)22(28)24-20-6-2-3-13-23-20/h2-3,6-13,17H,4-5,14-15H2,1H3,(H,23,24,28)/t17-/m1/s1. The summed E-state index contributed by atoms with van der Waals surface area (Å²) in [5, 5.41) is 11.7. The fourth-order valence-electron chi connectivity index (χ4n) is 3.47. The van der Waals surface area contributed by atoms with Gasteiger partial charge in [0.15, 0.2) is 5.82 Å². The van der Waals surface area contributed by atoms with Crippen LogP contribution < -0.4 is 15.0 Å². The molecule has 148 valence electrons. The van der Waals surface area contributed by atoms with Gasteiger partial charge in [-0.3, -0.25) is 4.79 Å². The lowest BCUT2D eigenvalue weighted by Crippen LogP contribution is -2.41. The van der Waals surface area contributed by atoms with E-state index in [1.807, 2.05) is 48.5 Å². The summed E-state index contributed by atoms with van der Waals surface area (Å²) in [5.41, 5.74) is 1.79. The van der Waals surface area contributed by atoms with Gasteiger partial charge in [0.2, 0.25) is 5.91 Å². The predicted molar refractivity (Wildman–Crippen MR) is 112 cm³/mol. The van der Waals surface area contributed by atoms with Crippen LogP contribution in [0.3, 0.4) is 0 Å². The zero-order chi connectivity index (χ0) is 20.1. The van der Waals surface area contributed by atoms with Crippen molar-refractivity contribution >= 4 is 17.5 Å². The number of hydrogen-bond donors (Lipinski definition) is 1. The number of benzene rings is 1. The van der Waals surface area contributed by atoms with Gasteiger partial charge in [-0.05, 0) is 61.4 Å². The van der Waals surface area contributed by atoms with Gasteiger partial charge in [0.1, 0.15) is 11.6 Å². The van der Waals surface area contributed by atoms with Gasteiger partial charge in [0, 0.05) is 24.8 Å². The summed E-state index contributed by atoms with van der Waals surface area (Å²) in [6.07, 6.45) is 3.46. The molecule has 0 radical (unpaired) electrons. The maximum absolute atomic E-state index is 12.6. The molecule has 0 saturated carbocycles. The number of amides is 1. The molecule has 0 spiro atoms. The Morgan fingerprint density at radius 3 is 2.66 bits per heavy atom. The minimum atomic E-state index is -0.103. The van der Waals surface area contributed by atoms with E-state index in [1.165, 1.54) is 0 Å². The molecule has 29 heavy (non-hydrogen) atoms. The minimum absolute atomic E-state index is 0.00351. The third-order valence-corrected chi connectivity index (χ3v) is 5.07. The fraction of sp³-hybridized carbons (Fsp3) is 0.273. The average molecular weight is 389 g/mol. The first-order valence-corrected chi connectivity index (χ1v) is 9.68. The first-order valence-electron chi connectivity index (χ1n) is 9.68. The molecule has 4 rings (SSSR count). The Bertz CT molecular complexity index is 945. The number of methoxy groups -OCH3 is 1. The Labute approximate surface area is 169 Å². The maximum Gasteiger partial charge on any atom is 0.230 e. The molecule has 3 aromatic rings. The molecule has 7 nitrogen and oxygen atoms in total. The van der Waals surface area contributed by atoms with E-state index in [2.05, 4.69) is 25.4 Å². The summed E-state index contributed by atoms with van der Waals surface area (Å²) < 4.78 is 5.19. The summed E-state index contributed by atoms with van der Waals surface area (Å²) in [5.74, 6) is 2.07. The molecule has 0 aliphatic carbocycles. The monoisotopic (exact) mass is 389 g/mol. The summed E-state index contributed by atoms with van der Waals surface area (Å²) >= 11 is 0. The molecule has 1 aromatic carbocycles. The lowest BCUT2D eigenvalue weighted by Gasteiger charge is -2.32. The number of rotatable bonds is 5. The van der Waals surface area contributed by atoms with Crippen LogP contribution in [0.4, 0.5) is 11.6 Å². The number of pyridine rings is 1. The van der Waals surface area contributed by atoms with Crippen molar-refractivity contribution in [3.63, 3.8) is 0 Å². The largest absolute Gasteiger partial charge is 0.497 e. The van der Waals surface area contributed by atoms with Crippen LogP contribution >= 0.6 is 0 Å². The fourth-order valence-corrected chi connectivity index (χ4v) is 3.47. The zero-order valence-corrected chi connectivity index (χ0v) is 16.3. The Morgan fingerprint density at radius 2 is 1.97 bits per heavy atom. The SMILES string of the molecule is COc1ccc(-c2ccc(N3CCC[C@@H](C(=O)Nc4ccccn4)C3)nn2)cc1. The van der Waals surface area contributed by atoms with E-state index in [1.54, 1.807) is 19.4 Å². The van der Waals surface area contributed by atoms with Gasteiger partial charge in [-0.1, -0.05) is 6.07 Å². The molecule has 0 unspecified atom stereocenters. The van der Waals surface area contributed by atoms with Gasteiger partial charge in [-0.15, -0.1) is 10.2 Å². The van der Waals surface area contributed by atoms with Crippen molar-refractivity contribution in [3.05, 3.63) is 60.8 Å². The van der Waals surface area contributed by atoms with Gasteiger partial charge >= 0.3 is 0 Å². The van der Waals surface area contributed by atoms with E-state index in [0.29, 0.717) is 12.4 Å². The van der Waals surface area contributed by atoms with Crippen LogP contribution in [0.25, 0.3) is 11.3 Å². The first-order chi connectivity index (χ1) is 14.2. The van der Waals surface area contributed by atoms with Crippen molar-refractivity contribution in [3.8, 4) is 17.0 Å². The number of carbonyl (C=O) groups excluding carboxylic acids is 1. The summed E-state index contributed by atoms with van der Waals surface area (Å²) in [4.78, 5) is 18.9. The van der Waals surface area contributed by atoms with E-state index >= 15 is 0 Å². The number of carbonyl (C=O) groups is 1. The molecule has 7 heteroatoms. The van der Waals surface area contributed by atoms with Crippen molar-refractivity contribution in [1.29, 1.82) is 0 Å². The summed E-state index contributed by atoms with van der Waals surface area (Å²) in [7, 11) is 1.64. The smallest absolute Gasteiger partial charge is 0.230 e. The van der Waals surface area contributed by atoms with E-state index in [9.17, 15) is 4.79 Å². The molecule has 1 aliphatic rings. The Morgan fingerprint density at radius 1 is 1.10 bits per heavy atom. The molecule has 3 heterocycles. The van der Waals surface area contributed by atoms with Gasteiger partial charge in [-0.2, -0.15) is 0 Å². The Balaban J connectivity index is 1.42. The van der Waals surface area contributed by atoms with Crippen LogP contribution in [0.2, 0.25) is 0 Å². The molecular weight excluding hydrogens is 366 g/mol. The third-order valence-electron chi connectivity index (χ3n) is 5.07. The van der Waals surface area contributed by atoms with E-state index in [4.69, 9.17) is 4.74 Å². The van der Waals surface area contributed by atoms with Crippen LogP contribution in [0, 0.1) is 5.92 Å². The number of anilines is 2. The second-order valence-corrected chi connectivity index (χ2v) is 6.99. The number of aromatic nitrogens is 3. The second-order valence-electron chi connectivity index (χ2n) is 6.99. The first kappa shape index (κ1) is 18.9. The van der Waals surface area contributed by atoms with Crippen LogP contribution in [0.15, 0.2) is 60.8 Å². The molecule has 1 aliphatic heterocycles. The summed E-state index contributed by atoms with van der Waals surface area (Å²) in [6.45, 7) is 1.49. The third kappa shape index (κ3) is 4.51. The van der Waals surface area contributed by atoms with Crippen LogP contribution in [0.5, 0.6) is 5.75 Å². The number of nitrogens with one attached hydrogen (secondary N) is 1. The van der Waals surface area contributed by atoms with Crippen molar-refractivity contribution in [2.45, 2.75) is 12.8 Å². The predicted octanol–water partition coefficient (Wildman–Crippen LogP) is 3.40. The van der Waals surface area contributed by atoms with Gasteiger partial charge in [0.05, 0.1) is 18.7 Å². The molecule has 0 bridgehead atoms. The van der Waals surface area contributed by atoms with E-state index in [0.717, 1.165) is 42.2 Å². The number of nitrogens with zero attached hydrogens (tertiary/aromatic N) is 4. The molecular formula is C22H23N5O2. The normalized spacial score (nSPS) is 16.3. The van der Waals surface area contributed by atoms with Crippen molar-refractivity contribution in [1.82, 2.24) is 15.2 Å². The summed E-state index contributed by atoms with van der Waals surface area (Å²) in [6, 6.07) is 17.1. The lowest BCUT2D eigenvalue weighted by molar-refractivity contribution is -0.120. The van der Waals surface area contributed by atoms with E-state index < -0.39 is 0 Å². The molecule has 1 amide bonds. The Kier molecular flexibility index (Phi) is 5.65. The molecule has 1 atom stereocenters. The highest BCUT2D eigenvalue weighted by Crippen LogP contribution is 2.25. The van der Waals surface area contributed by atoms with Crippen molar-refractivity contribution in [2.24, 2.45) is 5.92 Å². The van der Waals surface area contributed by atoms with Crippen molar-refractivity contribution < 1.29 is 9.53 Å². The topological polar surface area (TPSA) is 80.2 Å². The quantitative estimate of drug-likeness (QED) is 0.720. The molecule has 1 fully saturated rings. The maximum atomic E-state index is 12.6.